The molecule has 5 nitrogen and oxygen atoms in total. The molecule has 1 rings (SSSR count). The first-order valence-electron chi connectivity index (χ1n) is 6.81. The highest BCUT2D eigenvalue weighted by Gasteiger charge is 2.14. The molecule has 1 atom stereocenters. The Morgan fingerprint density at radius 3 is 2.29 bits per heavy atom. The van der Waals surface area contributed by atoms with Crippen LogP contribution in [0.3, 0.4) is 0 Å². The van der Waals surface area contributed by atoms with Crippen LogP contribution >= 0.6 is 0 Å². The number of carboxylic acid groups (broad SMARTS) is 1. The molecule has 5 heteroatoms. The smallest absolute Gasteiger partial charge is 0.328 e. The summed E-state index contributed by atoms with van der Waals surface area (Å²) in [5, 5.41) is 8.68. The normalized spacial score (nSPS) is 12.2. The van der Waals surface area contributed by atoms with Crippen LogP contribution in [0.1, 0.15) is 25.8 Å². The first-order chi connectivity index (χ1) is 10.0. The summed E-state index contributed by atoms with van der Waals surface area (Å²) in [6.07, 6.45) is 3.56. The van der Waals surface area contributed by atoms with Crippen molar-refractivity contribution in [1.29, 1.82) is 0 Å². The van der Waals surface area contributed by atoms with Crippen LogP contribution in [0.25, 0.3) is 6.08 Å². The third-order valence-electron chi connectivity index (χ3n) is 3.11. The van der Waals surface area contributed by atoms with Gasteiger partial charge in [-0.25, -0.2) is 4.79 Å². The van der Waals surface area contributed by atoms with Crippen LogP contribution in [0.5, 0.6) is 17.2 Å². The molecule has 0 aliphatic rings. The summed E-state index contributed by atoms with van der Waals surface area (Å²) in [6, 6.07) is 3.43. The van der Waals surface area contributed by atoms with Crippen LogP contribution in [0.2, 0.25) is 0 Å². The van der Waals surface area contributed by atoms with E-state index in [1.54, 1.807) is 12.1 Å². The Labute approximate surface area is 125 Å². The van der Waals surface area contributed by atoms with Crippen molar-refractivity contribution >= 4 is 12.0 Å². The Morgan fingerprint density at radius 1 is 1.29 bits per heavy atom. The maximum absolute atomic E-state index is 10.6. The molecule has 116 valence electrons. The maximum Gasteiger partial charge on any atom is 0.328 e. The standard InChI is InChI=1S/C16H22O5/c1-5-11(2)10-21-16-13(19-3)8-12(6-7-15(17)18)9-14(16)20-4/h6-9,11H,5,10H2,1-4H3,(H,17,18). The van der Waals surface area contributed by atoms with E-state index in [1.807, 2.05) is 0 Å². The van der Waals surface area contributed by atoms with Gasteiger partial charge in [-0.05, 0) is 29.7 Å². The van der Waals surface area contributed by atoms with Gasteiger partial charge in [-0.3, -0.25) is 0 Å². The topological polar surface area (TPSA) is 65.0 Å². The Kier molecular flexibility index (Phi) is 6.59. The SMILES string of the molecule is CCC(C)COc1c(OC)cc(C=CC(=O)O)cc1OC. The Bertz CT molecular complexity index is 482. The first kappa shape index (κ1) is 16.9. The number of hydrogen-bond donors (Lipinski definition) is 1. The van der Waals surface area contributed by atoms with Crippen molar-refractivity contribution in [1.82, 2.24) is 0 Å². The number of rotatable bonds is 8. The molecular weight excluding hydrogens is 272 g/mol. The van der Waals surface area contributed by atoms with Crippen LogP contribution in [-0.2, 0) is 4.79 Å². The zero-order chi connectivity index (χ0) is 15.8. The largest absolute Gasteiger partial charge is 0.493 e. The fourth-order valence-corrected chi connectivity index (χ4v) is 1.65. The zero-order valence-electron chi connectivity index (χ0n) is 12.9. The van der Waals surface area contributed by atoms with E-state index in [9.17, 15) is 4.79 Å². The molecule has 0 bridgehead atoms. The summed E-state index contributed by atoms with van der Waals surface area (Å²) >= 11 is 0. The fourth-order valence-electron chi connectivity index (χ4n) is 1.65. The number of benzene rings is 1. The van der Waals surface area contributed by atoms with Gasteiger partial charge in [-0.2, -0.15) is 0 Å². The summed E-state index contributed by atoms with van der Waals surface area (Å²) in [6.45, 7) is 4.76. The van der Waals surface area contributed by atoms with E-state index >= 15 is 0 Å². The Balaban J connectivity index is 3.09. The second-order valence-electron chi connectivity index (χ2n) is 4.75. The molecule has 1 aromatic carbocycles. The van der Waals surface area contributed by atoms with Gasteiger partial charge in [-0.15, -0.1) is 0 Å². The minimum Gasteiger partial charge on any atom is -0.493 e. The number of aliphatic carboxylic acids is 1. The molecule has 1 aromatic rings. The predicted molar refractivity (Wildman–Crippen MR) is 81.2 cm³/mol. The number of carboxylic acids is 1. The lowest BCUT2D eigenvalue weighted by Crippen LogP contribution is -2.09. The van der Waals surface area contributed by atoms with Crippen molar-refractivity contribution in [3.63, 3.8) is 0 Å². The first-order valence-corrected chi connectivity index (χ1v) is 6.81. The van der Waals surface area contributed by atoms with Gasteiger partial charge in [-0.1, -0.05) is 20.3 Å². The third kappa shape index (κ3) is 5.02. The number of ether oxygens (including phenoxy) is 3. The van der Waals surface area contributed by atoms with Gasteiger partial charge in [0.1, 0.15) is 0 Å². The molecule has 21 heavy (non-hydrogen) atoms. The average molecular weight is 294 g/mol. The molecule has 0 fully saturated rings. The van der Waals surface area contributed by atoms with Crippen molar-refractivity contribution < 1.29 is 24.1 Å². The third-order valence-corrected chi connectivity index (χ3v) is 3.11. The second-order valence-corrected chi connectivity index (χ2v) is 4.75. The van der Waals surface area contributed by atoms with Crippen LogP contribution in [0.4, 0.5) is 0 Å². The lowest BCUT2D eigenvalue weighted by atomic mass is 10.1. The number of carbonyl (C=O) groups is 1. The minimum absolute atomic E-state index is 0.422. The quantitative estimate of drug-likeness (QED) is 0.746. The monoisotopic (exact) mass is 294 g/mol. The summed E-state index contributed by atoms with van der Waals surface area (Å²) in [7, 11) is 3.07. The van der Waals surface area contributed by atoms with Crippen molar-refractivity contribution in [3.05, 3.63) is 23.8 Å². The van der Waals surface area contributed by atoms with Crippen LogP contribution in [0.15, 0.2) is 18.2 Å². The molecule has 1 unspecified atom stereocenters. The maximum atomic E-state index is 10.6. The minimum atomic E-state index is -1.01. The van der Waals surface area contributed by atoms with Gasteiger partial charge in [0.15, 0.2) is 11.5 Å². The van der Waals surface area contributed by atoms with E-state index in [0.29, 0.717) is 35.3 Å². The molecule has 0 amide bonds. The molecule has 0 heterocycles. The summed E-state index contributed by atoms with van der Waals surface area (Å²) < 4.78 is 16.4. The Morgan fingerprint density at radius 2 is 1.86 bits per heavy atom. The number of methoxy groups -OCH3 is 2. The molecule has 0 aromatic heterocycles. The molecule has 0 aliphatic heterocycles. The van der Waals surface area contributed by atoms with Gasteiger partial charge < -0.3 is 19.3 Å². The summed E-state index contributed by atoms with van der Waals surface area (Å²) in [5.74, 6) is 0.981. The van der Waals surface area contributed by atoms with E-state index < -0.39 is 5.97 Å². The molecular formula is C16H22O5. The second kappa shape index (κ2) is 8.19. The van der Waals surface area contributed by atoms with Crippen LogP contribution < -0.4 is 14.2 Å². The van der Waals surface area contributed by atoms with E-state index in [4.69, 9.17) is 19.3 Å². The fraction of sp³-hybridized carbons (Fsp3) is 0.438. The lowest BCUT2D eigenvalue weighted by molar-refractivity contribution is -0.131. The Hall–Kier alpha value is -2.17. The van der Waals surface area contributed by atoms with Gasteiger partial charge in [0.2, 0.25) is 5.75 Å². The molecule has 0 aliphatic carbocycles. The van der Waals surface area contributed by atoms with E-state index in [-0.39, 0.29) is 0 Å². The lowest BCUT2D eigenvalue weighted by Gasteiger charge is -2.17. The molecule has 1 N–H and O–H groups in total. The highest BCUT2D eigenvalue weighted by Crippen LogP contribution is 2.39. The molecule has 0 saturated carbocycles. The van der Waals surface area contributed by atoms with Crippen molar-refractivity contribution in [2.45, 2.75) is 20.3 Å². The van der Waals surface area contributed by atoms with Crippen molar-refractivity contribution in [2.24, 2.45) is 5.92 Å². The average Bonchev–Trinajstić information content (AvgIpc) is 2.49. The van der Waals surface area contributed by atoms with Crippen LogP contribution in [0, 0.1) is 5.92 Å². The van der Waals surface area contributed by atoms with Crippen molar-refractivity contribution in [3.8, 4) is 17.2 Å². The highest BCUT2D eigenvalue weighted by molar-refractivity contribution is 5.85. The predicted octanol–water partition coefficient (Wildman–Crippen LogP) is 3.23. The highest BCUT2D eigenvalue weighted by atomic mass is 16.5. The molecule has 0 spiro atoms. The van der Waals surface area contributed by atoms with Gasteiger partial charge in [0, 0.05) is 6.08 Å². The van der Waals surface area contributed by atoms with Gasteiger partial charge in [0.05, 0.1) is 20.8 Å². The summed E-state index contributed by atoms with van der Waals surface area (Å²) in [5.41, 5.74) is 0.669. The van der Waals surface area contributed by atoms with E-state index in [2.05, 4.69) is 13.8 Å². The van der Waals surface area contributed by atoms with E-state index in [0.717, 1.165) is 12.5 Å². The summed E-state index contributed by atoms with van der Waals surface area (Å²) in [4.78, 5) is 10.6. The van der Waals surface area contributed by atoms with Crippen LogP contribution in [-0.4, -0.2) is 31.9 Å². The number of hydrogen-bond acceptors (Lipinski definition) is 4. The molecule has 0 saturated heterocycles. The van der Waals surface area contributed by atoms with E-state index in [1.165, 1.54) is 20.3 Å². The zero-order valence-corrected chi connectivity index (χ0v) is 12.9. The molecule has 0 radical (unpaired) electrons. The van der Waals surface area contributed by atoms with Gasteiger partial charge in [0.25, 0.3) is 0 Å². The van der Waals surface area contributed by atoms with Gasteiger partial charge >= 0.3 is 5.97 Å². The van der Waals surface area contributed by atoms with Crippen molar-refractivity contribution in [2.75, 3.05) is 20.8 Å².